The van der Waals surface area contributed by atoms with Gasteiger partial charge in [-0.05, 0) is 38.3 Å². The summed E-state index contributed by atoms with van der Waals surface area (Å²) < 4.78 is 5.61. The molecule has 4 heteroatoms. The summed E-state index contributed by atoms with van der Waals surface area (Å²) in [5, 5.41) is 16.6. The number of rotatable bonds is 4. The summed E-state index contributed by atoms with van der Waals surface area (Å²) in [6.07, 6.45) is 3.68. The van der Waals surface area contributed by atoms with Crippen molar-refractivity contribution in [3.05, 3.63) is 0 Å². The fourth-order valence-corrected chi connectivity index (χ4v) is 2.75. The van der Waals surface area contributed by atoms with E-state index in [-0.39, 0.29) is 12.1 Å². The van der Waals surface area contributed by atoms with Gasteiger partial charge in [-0.1, -0.05) is 6.92 Å². The van der Waals surface area contributed by atoms with Crippen molar-refractivity contribution < 1.29 is 9.84 Å². The molecule has 0 aromatic rings. The number of hydrogen-bond donors (Lipinski definition) is 3. The molecule has 16 heavy (non-hydrogen) atoms. The maximum Gasteiger partial charge on any atom is 0.0700 e. The normalized spacial score (nSPS) is 40.1. The molecular formula is C12H24N2O2. The number of aliphatic hydroxyl groups excluding tert-OH is 1. The van der Waals surface area contributed by atoms with E-state index in [4.69, 9.17) is 4.74 Å². The second kappa shape index (κ2) is 5.45. The van der Waals surface area contributed by atoms with Gasteiger partial charge in [0.2, 0.25) is 0 Å². The van der Waals surface area contributed by atoms with E-state index in [2.05, 4.69) is 17.6 Å². The van der Waals surface area contributed by atoms with Gasteiger partial charge in [0.15, 0.2) is 0 Å². The first-order valence-electron chi connectivity index (χ1n) is 6.45. The van der Waals surface area contributed by atoms with E-state index in [0.29, 0.717) is 12.0 Å². The Kier molecular flexibility index (Phi) is 4.19. The predicted octanol–water partition coefficient (Wildman–Crippen LogP) is 0.116. The average Bonchev–Trinajstić information content (AvgIpc) is 2.82. The van der Waals surface area contributed by atoms with Crippen molar-refractivity contribution in [2.45, 2.75) is 37.8 Å². The molecule has 4 nitrogen and oxygen atoms in total. The van der Waals surface area contributed by atoms with Gasteiger partial charge in [0, 0.05) is 18.7 Å². The molecule has 3 atom stereocenters. The Bertz CT molecular complexity index is 219. The zero-order valence-electron chi connectivity index (χ0n) is 10.2. The Hall–Kier alpha value is -0.160. The number of nitrogens with one attached hydrogen (secondary N) is 2. The molecule has 2 rings (SSSR count). The van der Waals surface area contributed by atoms with Crippen molar-refractivity contribution in [2.75, 3.05) is 32.8 Å². The first kappa shape index (κ1) is 12.3. The van der Waals surface area contributed by atoms with Gasteiger partial charge in [-0.2, -0.15) is 0 Å². The van der Waals surface area contributed by atoms with Crippen LogP contribution in [0.4, 0.5) is 0 Å². The minimum atomic E-state index is -0.1000. The third kappa shape index (κ3) is 2.56. The summed E-state index contributed by atoms with van der Waals surface area (Å²) in [7, 11) is 0. The van der Waals surface area contributed by atoms with Crippen molar-refractivity contribution in [2.24, 2.45) is 5.92 Å². The van der Waals surface area contributed by atoms with E-state index in [1.54, 1.807) is 0 Å². The molecule has 0 aromatic heterocycles. The highest BCUT2D eigenvalue weighted by molar-refractivity contribution is 4.97. The van der Waals surface area contributed by atoms with Crippen LogP contribution in [0.5, 0.6) is 0 Å². The van der Waals surface area contributed by atoms with Gasteiger partial charge in [0.05, 0.1) is 12.7 Å². The van der Waals surface area contributed by atoms with Crippen LogP contribution in [0.2, 0.25) is 0 Å². The third-order valence-corrected chi connectivity index (χ3v) is 4.13. The number of aliphatic hydroxyl groups is 1. The SMILES string of the molecule is CC1CNCCC1(CO)NCC1CCCO1. The van der Waals surface area contributed by atoms with Gasteiger partial charge >= 0.3 is 0 Å². The summed E-state index contributed by atoms with van der Waals surface area (Å²) in [5.74, 6) is 0.465. The largest absolute Gasteiger partial charge is 0.394 e. The second-order valence-electron chi connectivity index (χ2n) is 5.19. The van der Waals surface area contributed by atoms with Crippen LogP contribution in [0.1, 0.15) is 26.2 Å². The van der Waals surface area contributed by atoms with Gasteiger partial charge in [-0.15, -0.1) is 0 Å². The van der Waals surface area contributed by atoms with Crippen LogP contribution in [-0.4, -0.2) is 49.6 Å². The van der Waals surface area contributed by atoms with Gasteiger partial charge in [-0.3, -0.25) is 0 Å². The van der Waals surface area contributed by atoms with E-state index < -0.39 is 0 Å². The lowest BCUT2D eigenvalue weighted by Crippen LogP contribution is -2.61. The van der Waals surface area contributed by atoms with Crippen LogP contribution in [0.25, 0.3) is 0 Å². The van der Waals surface area contributed by atoms with Crippen molar-refractivity contribution in [1.82, 2.24) is 10.6 Å². The number of ether oxygens (including phenoxy) is 1. The van der Waals surface area contributed by atoms with Gasteiger partial charge in [0.1, 0.15) is 0 Å². The average molecular weight is 228 g/mol. The Morgan fingerprint density at radius 2 is 2.44 bits per heavy atom. The Morgan fingerprint density at radius 1 is 1.56 bits per heavy atom. The second-order valence-corrected chi connectivity index (χ2v) is 5.19. The molecule has 0 spiro atoms. The summed E-state index contributed by atoms with van der Waals surface area (Å²) >= 11 is 0. The first-order chi connectivity index (χ1) is 7.77. The van der Waals surface area contributed by atoms with Crippen molar-refractivity contribution >= 4 is 0 Å². The smallest absolute Gasteiger partial charge is 0.0700 e. The quantitative estimate of drug-likeness (QED) is 0.639. The van der Waals surface area contributed by atoms with Gasteiger partial charge in [-0.25, -0.2) is 0 Å². The first-order valence-corrected chi connectivity index (χ1v) is 6.45. The molecule has 2 fully saturated rings. The molecule has 2 heterocycles. The van der Waals surface area contributed by atoms with Crippen LogP contribution < -0.4 is 10.6 Å². The fraction of sp³-hybridized carbons (Fsp3) is 1.00. The molecule has 3 unspecified atom stereocenters. The molecule has 0 amide bonds. The maximum atomic E-state index is 9.65. The topological polar surface area (TPSA) is 53.5 Å². The number of hydrogen-bond acceptors (Lipinski definition) is 4. The highest BCUT2D eigenvalue weighted by Gasteiger charge is 2.37. The van der Waals surface area contributed by atoms with E-state index in [1.165, 1.54) is 6.42 Å². The van der Waals surface area contributed by atoms with Crippen LogP contribution in [0.15, 0.2) is 0 Å². The minimum absolute atomic E-state index is 0.1000. The lowest BCUT2D eigenvalue weighted by Gasteiger charge is -2.43. The van der Waals surface area contributed by atoms with Crippen molar-refractivity contribution in [3.63, 3.8) is 0 Å². The van der Waals surface area contributed by atoms with Crippen LogP contribution >= 0.6 is 0 Å². The molecule has 3 N–H and O–H groups in total. The molecule has 0 aliphatic carbocycles. The van der Waals surface area contributed by atoms with Crippen LogP contribution in [0.3, 0.4) is 0 Å². The van der Waals surface area contributed by atoms with E-state index >= 15 is 0 Å². The highest BCUT2D eigenvalue weighted by atomic mass is 16.5. The molecule has 2 aliphatic heterocycles. The van der Waals surface area contributed by atoms with E-state index in [9.17, 15) is 5.11 Å². The molecule has 0 bridgehead atoms. The van der Waals surface area contributed by atoms with Gasteiger partial charge < -0.3 is 20.5 Å². The predicted molar refractivity (Wildman–Crippen MR) is 63.4 cm³/mol. The molecule has 94 valence electrons. The number of piperidine rings is 1. The molecule has 0 saturated carbocycles. The highest BCUT2D eigenvalue weighted by Crippen LogP contribution is 2.24. The summed E-state index contributed by atoms with van der Waals surface area (Å²) in [5.41, 5.74) is -0.1000. The van der Waals surface area contributed by atoms with Crippen molar-refractivity contribution in [1.29, 1.82) is 0 Å². The standard InChI is InChI=1S/C12H24N2O2/c1-10-7-13-5-4-12(10,9-15)14-8-11-3-2-6-16-11/h10-11,13-15H,2-9H2,1H3. The molecule has 2 saturated heterocycles. The minimum Gasteiger partial charge on any atom is -0.394 e. The van der Waals surface area contributed by atoms with Crippen LogP contribution in [-0.2, 0) is 4.74 Å². The Balaban J connectivity index is 1.87. The Morgan fingerprint density at radius 3 is 3.06 bits per heavy atom. The summed E-state index contributed by atoms with van der Waals surface area (Å²) in [6, 6.07) is 0. The summed E-state index contributed by atoms with van der Waals surface area (Å²) in [6.45, 7) is 6.18. The maximum absolute atomic E-state index is 9.65. The molecule has 2 aliphatic rings. The van der Waals surface area contributed by atoms with Crippen LogP contribution in [0, 0.1) is 5.92 Å². The van der Waals surface area contributed by atoms with Crippen molar-refractivity contribution in [3.8, 4) is 0 Å². The van der Waals surface area contributed by atoms with E-state index in [0.717, 1.165) is 39.1 Å². The third-order valence-electron chi connectivity index (χ3n) is 4.13. The molecule has 0 aromatic carbocycles. The lowest BCUT2D eigenvalue weighted by atomic mass is 9.80. The lowest BCUT2D eigenvalue weighted by molar-refractivity contribution is 0.0540. The summed E-state index contributed by atoms with van der Waals surface area (Å²) in [4.78, 5) is 0. The van der Waals surface area contributed by atoms with E-state index in [1.807, 2.05) is 0 Å². The molecular weight excluding hydrogens is 204 g/mol. The zero-order chi connectivity index (χ0) is 11.4. The molecule has 0 radical (unpaired) electrons. The van der Waals surface area contributed by atoms with Gasteiger partial charge in [0.25, 0.3) is 0 Å². The zero-order valence-corrected chi connectivity index (χ0v) is 10.2. The fourth-order valence-electron chi connectivity index (χ4n) is 2.75. The monoisotopic (exact) mass is 228 g/mol. The Labute approximate surface area is 97.7 Å².